The van der Waals surface area contributed by atoms with Crippen molar-refractivity contribution in [2.24, 2.45) is 4.99 Å². The summed E-state index contributed by atoms with van der Waals surface area (Å²) in [6, 6.07) is 0.377. The van der Waals surface area contributed by atoms with Crippen LogP contribution in [0.2, 0.25) is 0 Å². The Morgan fingerprint density at radius 2 is 2.21 bits per heavy atom. The molecule has 1 saturated heterocycles. The molecule has 0 saturated carbocycles. The van der Waals surface area contributed by atoms with Crippen LogP contribution >= 0.6 is 0 Å². The molecule has 0 radical (unpaired) electrons. The molecule has 1 fully saturated rings. The predicted molar refractivity (Wildman–Crippen MR) is 118 cm³/mol. The van der Waals surface area contributed by atoms with Gasteiger partial charge in [-0.1, -0.05) is 20.8 Å². The Kier molecular flexibility index (Phi) is 11.0. The second kappa shape index (κ2) is 13.5. The van der Waals surface area contributed by atoms with Crippen molar-refractivity contribution >= 4 is 5.96 Å². The highest BCUT2D eigenvalue weighted by Gasteiger charge is 2.15. The van der Waals surface area contributed by atoms with Crippen LogP contribution in [0.5, 0.6) is 0 Å². The summed E-state index contributed by atoms with van der Waals surface area (Å²) < 4.78 is 7.82. The maximum atomic E-state index is 5.73. The lowest BCUT2D eigenvalue weighted by molar-refractivity contribution is 0.117. The molecule has 0 aromatic carbocycles. The number of guanidine groups is 1. The highest BCUT2D eigenvalue weighted by atomic mass is 16.5. The summed E-state index contributed by atoms with van der Waals surface area (Å²) >= 11 is 0. The Morgan fingerprint density at radius 3 is 2.90 bits per heavy atom. The average molecular weight is 408 g/mol. The van der Waals surface area contributed by atoms with Gasteiger partial charge in [0.1, 0.15) is 12.2 Å². The van der Waals surface area contributed by atoms with E-state index in [9.17, 15) is 0 Å². The maximum Gasteiger partial charge on any atom is 0.191 e. The Bertz CT molecular complexity index is 579. The Labute approximate surface area is 176 Å². The SMILES string of the molecule is CCc1nncn1CCNC(=NCC1CCCO1)NC(C)CCCN(CC)CC. The number of aryl methyl sites for hydroxylation is 1. The van der Waals surface area contributed by atoms with E-state index in [-0.39, 0.29) is 6.10 Å². The van der Waals surface area contributed by atoms with E-state index in [0.717, 1.165) is 76.8 Å². The predicted octanol–water partition coefficient (Wildman–Crippen LogP) is 2.07. The minimum Gasteiger partial charge on any atom is -0.376 e. The molecular formula is C21H41N7O. The molecule has 2 atom stereocenters. The van der Waals surface area contributed by atoms with Gasteiger partial charge in [0.05, 0.1) is 12.6 Å². The number of ether oxygens (including phenoxy) is 1. The molecule has 0 bridgehead atoms. The molecule has 8 nitrogen and oxygen atoms in total. The number of nitrogens with zero attached hydrogens (tertiary/aromatic N) is 5. The molecule has 1 aliphatic heterocycles. The number of hydrogen-bond donors (Lipinski definition) is 2. The van der Waals surface area contributed by atoms with Crippen molar-refractivity contribution in [1.29, 1.82) is 0 Å². The molecule has 8 heteroatoms. The molecule has 1 aliphatic rings. The van der Waals surface area contributed by atoms with E-state index in [4.69, 9.17) is 9.73 Å². The number of hydrogen-bond acceptors (Lipinski definition) is 5. The lowest BCUT2D eigenvalue weighted by atomic mass is 10.2. The molecule has 1 aromatic heterocycles. The highest BCUT2D eigenvalue weighted by molar-refractivity contribution is 5.80. The van der Waals surface area contributed by atoms with E-state index >= 15 is 0 Å². The van der Waals surface area contributed by atoms with Gasteiger partial charge in [-0.05, 0) is 52.2 Å². The van der Waals surface area contributed by atoms with E-state index in [1.807, 2.05) is 0 Å². The quantitative estimate of drug-likeness (QED) is 0.385. The van der Waals surface area contributed by atoms with Gasteiger partial charge >= 0.3 is 0 Å². The molecule has 2 unspecified atom stereocenters. The van der Waals surface area contributed by atoms with Gasteiger partial charge in [-0.3, -0.25) is 4.99 Å². The third-order valence-electron chi connectivity index (χ3n) is 5.52. The summed E-state index contributed by atoms with van der Waals surface area (Å²) in [5.74, 6) is 1.89. The van der Waals surface area contributed by atoms with Crippen LogP contribution in [0.15, 0.2) is 11.3 Å². The zero-order chi connectivity index (χ0) is 20.9. The third-order valence-corrected chi connectivity index (χ3v) is 5.52. The van der Waals surface area contributed by atoms with Crippen LogP contribution in [0.1, 0.15) is 59.2 Å². The minimum atomic E-state index is 0.260. The van der Waals surface area contributed by atoms with Crippen molar-refractivity contribution < 1.29 is 4.74 Å². The van der Waals surface area contributed by atoms with Gasteiger partial charge in [0, 0.05) is 32.2 Å². The van der Waals surface area contributed by atoms with E-state index in [1.54, 1.807) is 6.33 Å². The molecule has 0 amide bonds. The molecule has 166 valence electrons. The summed E-state index contributed by atoms with van der Waals surface area (Å²) in [6.07, 6.45) is 7.52. The maximum absolute atomic E-state index is 5.73. The van der Waals surface area contributed by atoms with E-state index in [0.29, 0.717) is 12.6 Å². The minimum absolute atomic E-state index is 0.260. The first-order chi connectivity index (χ1) is 14.2. The summed E-state index contributed by atoms with van der Waals surface area (Å²) in [6.45, 7) is 15.4. The van der Waals surface area contributed by atoms with Gasteiger partial charge in [-0.25, -0.2) is 0 Å². The van der Waals surface area contributed by atoms with Crippen molar-refractivity contribution in [2.45, 2.75) is 78.5 Å². The van der Waals surface area contributed by atoms with Gasteiger partial charge in [0.15, 0.2) is 5.96 Å². The number of aliphatic imine (C=N–C) groups is 1. The van der Waals surface area contributed by atoms with Crippen molar-refractivity contribution in [2.75, 3.05) is 39.3 Å². The summed E-state index contributed by atoms with van der Waals surface area (Å²) in [4.78, 5) is 7.28. The number of aromatic nitrogens is 3. The van der Waals surface area contributed by atoms with Crippen LogP contribution in [0, 0.1) is 0 Å². The molecule has 0 aliphatic carbocycles. The normalized spacial score (nSPS) is 18.4. The topological polar surface area (TPSA) is 79.6 Å². The lowest BCUT2D eigenvalue weighted by Crippen LogP contribution is -2.44. The standard InChI is InChI=1S/C21H41N7O/c1-5-20-26-24-17-28(20)14-12-22-21(23-16-19-11-9-15-29-19)25-18(4)10-8-13-27(6-2)7-3/h17-19H,5-16H2,1-4H3,(H2,22,23,25). The summed E-state index contributed by atoms with van der Waals surface area (Å²) in [5, 5.41) is 15.2. The summed E-state index contributed by atoms with van der Waals surface area (Å²) in [5.41, 5.74) is 0. The fourth-order valence-corrected chi connectivity index (χ4v) is 3.63. The molecule has 29 heavy (non-hydrogen) atoms. The zero-order valence-electron chi connectivity index (χ0n) is 18.9. The molecular weight excluding hydrogens is 366 g/mol. The van der Waals surface area contributed by atoms with Crippen molar-refractivity contribution in [3.05, 3.63) is 12.2 Å². The van der Waals surface area contributed by atoms with Crippen molar-refractivity contribution in [3.8, 4) is 0 Å². The van der Waals surface area contributed by atoms with E-state index in [1.165, 1.54) is 6.42 Å². The Hall–Kier alpha value is -1.67. The fraction of sp³-hybridized carbons (Fsp3) is 0.857. The van der Waals surface area contributed by atoms with Crippen LogP contribution in [0.25, 0.3) is 0 Å². The monoisotopic (exact) mass is 407 g/mol. The van der Waals surface area contributed by atoms with Crippen molar-refractivity contribution in [1.82, 2.24) is 30.3 Å². The van der Waals surface area contributed by atoms with Crippen molar-refractivity contribution in [3.63, 3.8) is 0 Å². The molecule has 2 N–H and O–H groups in total. The Balaban J connectivity index is 1.82. The van der Waals surface area contributed by atoms with Crippen LogP contribution in [-0.4, -0.2) is 77.1 Å². The molecule has 2 heterocycles. The second-order valence-electron chi connectivity index (χ2n) is 7.76. The lowest BCUT2D eigenvalue weighted by Gasteiger charge is -2.21. The third kappa shape index (κ3) is 8.70. The van der Waals surface area contributed by atoms with Crippen LogP contribution in [0.3, 0.4) is 0 Å². The molecule has 0 spiro atoms. The number of nitrogens with one attached hydrogen (secondary N) is 2. The first kappa shape index (κ1) is 23.6. The van der Waals surface area contributed by atoms with Gasteiger partial charge < -0.3 is 24.8 Å². The molecule has 1 aromatic rings. The van der Waals surface area contributed by atoms with Gasteiger partial charge in [0.25, 0.3) is 0 Å². The van der Waals surface area contributed by atoms with Gasteiger partial charge in [-0.15, -0.1) is 10.2 Å². The Morgan fingerprint density at radius 1 is 1.38 bits per heavy atom. The van der Waals surface area contributed by atoms with Gasteiger partial charge in [-0.2, -0.15) is 0 Å². The smallest absolute Gasteiger partial charge is 0.191 e. The zero-order valence-corrected chi connectivity index (χ0v) is 18.9. The largest absolute Gasteiger partial charge is 0.376 e. The summed E-state index contributed by atoms with van der Waals surface area (Å²) in [7, 11) is 0. The average Bonchev–Trinajstić information content (AvgIpc) is 3.41. The first-order valence-electron chi connectivity index (χ1n) is 11.4. The first-order valence-corrected chi connectivity index (χ1v) is 11.4. The van der Waals surface area contributed by atoms with E-state index in [2.05, 4.69) is 58.0 Å². The van der Waals surface area contributed by atoms with Crippen LogP contribution in [-0.2, 0) is 17.7 Å². The van der Waals surface area contributed by atoms with Crippen LogP contribution in [0.4, 0.5) is 0 Å². The number of rotatable bonds is 13. The van der Waals surface area contributed by atoms with Gasteiger partial charge in [0.2, 0.25) is 0 Å². The highest BCUT2D eigenvalue weighted by Crippen LogP contribution is 2.11. The second-order valence-corrected chi connectivity index (χ2v) is 7.76. The molecule has 2 rings (SSSR count). The fourth-order valence-electron chi connectivity index (χ4n) is 3.63. The van der Waals surface area contributed by atoms with E-state index < -0.39 is 0 Å². The van der Waals surface area contributed by atoms with Crippen LogP contribution < -0.4 is 10.6 Å².